The molecule has 0 spiro atoms. The third-order valence-electron chi connectivity index (χ3n) is 3.69. The molecule has 2 aromatic heterocycles. The molecule has 9 heteroatoms. The highest BCUT2D eigenvalue weighted by atomic mass is 35.5. The molecular weight excluding hydrogens is 376 g/mol. The number of nitrogens with one attached hydrogen (secondary N) is 2. The van der Waals surface area contributed by atoms with Crippen molar-refractivity contribution in [1.82, 2.24) is 9.97 Å². The van der Waals surface area contributed by atoms with E-state index in [1.165, 1.54) is 22.7 Å². The maximum atomic E-state index is 6.41. The van der Waals surface area contributed by atoms with Crippen LogP contribution in [0.2, 0.25) is 5.02 Å². The second-order valence-corrected chi connectivity index (χ2v) is 7.98. The van der Waals surface area contributed by atoms with Crippen LogP contribution in [0.3, 0.4) is 0 Å². The first-order valence-corrected chi connectivity index (χ1v) is 10.0. The summed E-state index contributed by atoms with van der Waals surface area (Å²) in [6.07, 6.45) is 1.79. The van der Waals surface area contributed by atoms with Crippen LogP contribution in [-0.4, -0.2) is 21.4 Å². The van der Waals surface area contributed by atoms with E-state index in [1.54, 1.807) is 0 Å². The number of nitrogens with zero attached hydrogens (tertiary/aromatic N) is 4. The summed E-state index contributed by atoms with van der Waals surface area (Å²) in [5, 5.41) is 10.7. The minimum Gasteiger partial charge on any atom is -0.253 e. The Labute approximate surface area is 159 Å². The molecule has 3 aromatic rings. The van der Waals surface area contributed by atoms with Crippen molar-refractivity contribution in [1.29, 1.82) is 0 Å². The number of hydrogen-bond acceptors (Lipinski definition) is 8. The van der Waals surface area contributed by atoms with Crippen LogP contribution < -0.4 is 10.9 Å². The molecule has 132 valence electrons. The monoisotopic (exact) mass is 394 g/mol. The van der Waals surface area contributed by atoms with Crippen molar-refractivity contribution < 1.29 is 0 Å². The van der Waals surface area contributed by atoms with Crippen molar-refractivity contribution in [3.8, 4) is 0 Å². The van der Waals surface area contributed by atoms with E-state index in [2.05, 4.69) is 44.9 Å². The van der Waals surface area contributed by atoms with E-state index >= 15 is 0 Å². The van der Waals surface area contributed by atoms with E-state index in [4.69, 9.17) is 11.6 Å². The van der Waals surface area contributed by atoms with Crippen molar-refractivity contribution in [2.24, 2.45) is 10.2 Å². The van der Waals surface area contributed by atoms with Gasteiger partial charge in [0, 0.05) is 11.4 Å². The molecule has 0 aliphatic heterocycles. The maximum absolute atomic E-state index is 6.41. The Morgan fingerprint density at radius 3 is 2.16 bits per heavy atom. The number of benzene rings is 1. The molecule has 0 aliphatic rings. The summed E-state index contributed by atoms with van der Waals surface area (Å²) >= 11 is 9.44. The number of halogens is 1. The minimum atomic E-state index is 0.617. The molecule has 2 heterocycles. The molecule has 0 fully saturated rings. The largest absolute Gasteiger partial charge is 0.253 e. The van der Waals surface area contributed by atoms with Crippen LogP contribution in [0.25, 0.3) is 20.4 Å². The number of fused-ring (bicyclic) bond motifs is 3. The van der Waals surface area contributed by atoms with Gasteiger partial charge in [-0.05, 0) is 32.8 Å². The van der Waals surface area contributed by atoms with E-state index in [0.29, 0.717) is 10.2 Å². The van der Waals surface area contributed by atoms with Crippen molar-refractivity contribution >= 4 is 76.4 Å². The lowest BCUT2D eigenvalue weighted by molar-refractivity contribution is 1.20. The van der Waals surface area contributed by atoms with E-state index in [0.717, 1.165) is 49.8 Å². The van der Waals surface area contributed by atoms with E-state index < -0.39 is 0 Å². The highest BCUT2D eigenvalue weighted by Gasteiger charge is 2.15. The average molecular weight is 395 g/mol. The van der Waals surface area contributed by atoms with Crippen molar-refractivity contribution in [2.75, 3.05) is 10.9 Å². The summed E-state index contributed by atoms with van der Waals surface area (Å²) in [6, 6.07) is 1.91. The molecule has 0 amide bonds. The average Bonchev–Trinajstić information content (AvgIpc) is 3.21. The summed E-state index contributed by atoms with van der Waals surface area (Å²) in [5.41, 5.74) is 9.70. The van der Waals surface area contributed by atoms with E-state index in [-0.39, 0.29) is 0 Å². The Bertz CT molecular complexity index is 972. The van der Waals surface area contributed by atoms with Gasteiger partial charge in [-0.2, -0.15) is 10.2 Å². The quantitative estimate of drug-likeness (QED) is 0.399. The predicted octanol–water partition coefficient (Wildman–Crippen LogP) is 5.96. The highest BCUT2D eigenvalue weighted by Crippen LogP contribution is 2.40. The number of thiazole rings is 2. The van der Waals surface area contributed by atoms with Crippen molar-refractivity contribution in [2.45, 2.75) is 40.5 Å². The zero-order valence-corrected chi connectivity index (χ0v) is 16.9. The Morgan fingerprint density at radius 1 is 1.00 bits per heavy atom. The molecule has 0 saturated heterocycles. The third-order valence-corrected chi connectivity index (χ3v) is 5.85. The fraction of sp³-hybridized carbons (Fsp3) is 0.375. The summed E-state index contributed by atoms with van der Waals surface area (Å²) in [4.78, 5) is 9.21. The van der Waals surface area contributed by atoms with Gasteiger partial charge >= 0.3 is 0 Å². The normalized spacial score (nSPS) is 13.0. The zero-order valence-electron chi connectivity index (χ0n) is 14.5. The highest BCUT2D eigenvalue weighted by molar-refractivity contribution is 7.25. The maximum Gasteiger partial charge on any atom is 0.204 e. The fourth-order valence-corrected chi connectivity index (χ4v) is 4.17. The number of hydrazone groups is 2. The zero-order chi connectivity index (χ0) is 18.0. The number of aromatic nitrogens is 2. The second-order valence-electron chi connectivity index (χ2n) is 5.55. The molecule has 0 radical (unpaired) electrons. The first-order chi connectivity index (χ1) is 12.0. The minimum absolute atomic E-state index is 0.617. The lowest BCUT2D eigenvalue weighted by Crippen LogP contribution is -1.94. The summed E-state index contributed by atoms with van der Waals surface area (Å²) in [5.74, 6) is 0. The van der Waals surface area contributed by atoms with Crippen LogP contribution in [0.1, 0.15) is 40.5 Å². The van der Waals surface area contributed by atoms with Crippen molar-refractivity contribution in [3.63, 3.8) is 0 Å². The van der Waals surface area contributed by atoms with Crippen LogP contribution in [0.5, 0.6) is 0 Å². The van der Waals surface area contributed by atoms with Gasteiger partial charge in [0.2, 0.25) is 10.3 Å². The molecule has 25 heavy (non-hydrogen) atoms. The Morgan fingerprint density at radius 2 is 1.56 bits per heavy atom. The first-order valence-electron chi connectivity index (χ1n) is 7.99. The molecule has 0 unspecified atom stereocenters. The summed E-state index contributed by atoms with van der Waals surface area (Å²) in [7, 11) is 0. The third kappa shape index (κ3) is 3.91. The molecule has 1 aromatic carbocycles. The van der Waals surface area contributed by atoms with Gasteiger partial charge < -0.3 is 0 Å². The number of rotatable bonds is 6. The molecule has 0 aliphatic carbocycles. The predicted molar refractivity (Wildman–Crippen MR) is 112 cm³/mol. The molecule has 0 saturated carbocycles. The van der Waals surface area contributed by atoms with Crippen LogP contribution in [0, 0.1) is 0 Å². The van der Waals surface area contributed by atoms with Gasteiger partial charge in [-0.3, -0.25) is 10.9 Å². The molecule has 3 rings (SSSR count). The Kier molecular flexibility index (Phi) is 5.51. The van der Waals surface area contributed by atoms with Crippen LogP contribution in [-0.2, 0) is 0 Å². The Balaban J connectivity index is 2.01. The summed E-state index contributed by atoms with van der Waals surface area (Å²) in [6.45, 7) is 8.08. The van der Waals surface area contributed by atoms with Gasteiger partial charge in [0.1, 0.15) is 11.0 Å². The molecule has 0 bridgehead atoms. The van der Waals surface area contributed by atoms with Crippen LogP contribution in [0.4, 0.5) is 10.3 Å². The SMILES string of the molecule is CC/C(C)=N\Nc1nc2c(cc(Cl)c3nc(N/N=C(/C)CC)sc32)s1. The van der Waals surface area contributed by atoms with Gasteiger partial charge in [-0.1, -0.05) is 48.1 Å². The molecule has 2 N–H and O–H groups in total. The summed E-state index contributed by atoms with van der Waals surface area (Å²) < 4.78 is 1.96. The van der Waals surface area contributed by atoms with Gasteiger partial charge in [0.15, 0.2) is 0 Å². The molecule has 6 nitrogen and oxygen atoms in total. The number of hydrogen-bond donors (Lipinski definition) is 2. The standard InChI is InChI=1S/C16H19ClN6S2/c1-5-8(3)20-22-15-19-13-11(24-15)7-10(17)12-14(13)25-16(18-12)23-21-9(4)6-2/h7H,5-6H2,1-4H3,(H,18,23)(H,19,22)/b20-8-,21-9-. The van der Waals surface area contributed by atoms with Crippen LogP contribution >= 0.6 is 34.3 Å². The van der Waals surface area contributed by atoms with Gasteiger partial charge in [-0.15, -0.1) is 0 Å². The first kappa shape index (κ1) is 18.0. The van der Waals surface area contributed by atoms with Crippen molar-refractivity contribution in [3.05, 3.63) is 11.1 Å². The lowest BCUT2D eigenvalue weighted by atomic mass is 10.3. The van der Waals surface area contributed by atoms with E-state index in [1.807, 2.05) is 19.9 Å². The molecule has 0 atom stereocenters. The van der Waals surface area contributed by atoms with E-state index in [9.17, 15) is 0 Å². The van der Waals surface area contributed by atoms with Gasteiger partial charge in [0.25, 0.3) is 0 Å². The topological polar surface area (TPSA) is 74.6 Å². The fourth-order valence-electron chi connectivity index (χ4n) is 1.96. The second kappa shape index (κ2) is 7.63. The van der Waals surface area contributed by atoms with Crippen LogP contribution in [0.15, 0.2) is 16.3 Å². The number of anilines is 2. The smallest absolute Gasteiger partial charge is 0.204 e. The van der Waals surface area contributed by atoms with Gasteiger partial charge in [-0.25, -0.2) is 9.97 Å². The van der Waals surface area contributed by atoms with Gasteiger partial charge in [0.05, 0.1) is 14.4 Å². The lowest BCUT2D eigenvalue weighted by Gasteiger charge is -1.95. The Hall–Kier alpha value is -1.77. The molecular formula is C16H19ClN6S2.